The summed E-state index contributed by atoms with van der Waals surface area (Å²) < 4.78 is 34.3. The number of hydrogen-bond donors (Lipinski definition) is 1. The second-order valence-corrected chi connectivity index (χ2v) is 10.6. The minimum absolute atomic E-state index is 0.0309. The van der Waals surface area contributed by atoms with E-state index in [0.717, 1.165) is 44.2 Å². The number of sulfonamides is 1. The van der Waals surface area contributed by atoms with E-state index in [1.807, 2.05) is 51.1 Å². The maximum atomic E-state index is 12.8. The first kappa shape index (κ1) is 26.1. The summed E-state index contributed by atoms with van der Waals surface area (Å²) in [5, 5.41) is -0.376. The quantitative estimate of drug-likeness (QED) is 0.397. The zero-order valence-electron chi connectivity index (χ0n) is 19.1. The van der Waals surface area contributed by atoms with E-state index in [2.05, 4.69) is 23.7 Å². The molecule has 0 bridgehead atoms. The van der Waals surface area contributed by atoms with E-state index >= 15 is 0 Å². The number of nitrogens with one attached hydrogen (secondary N) is 1. The van der Waals surface area contributed by atoms with Gasteiger partial charge in [0, 0.05) is 6.54 Å². The van der Waals surface area contributed by atoms with E-state index in [4.69, 9.17) is 4.74 Å². The zero-order valence-corrected chi connectivity index (χ0v) is 19.9. The van der Waals surface area contributed by atoms with E-state index in [9.17, 15) is 8.42 Å². The number of unbranched alkanes of at least 4 members (excludes halogenated alkanes) is 3. The molecule has 0 fully saturated rings. The molecule has 0 saturated carbocycles. The van der Waals surface area contributed by atoms with Gasteiger partial charge in [0.15, 0.2) is 0 Å². The fraction of sp³-hybridized carbons (Fsp3) is 0.739. The van der Waals surface area contributed by atoms with Crippen LogP contribution in [0.5, 0.6) is 0 Å². The summed E-state index contributed by atoms with van der Waals surface area (Å²) >= 11 is 0. The van der Waals surface area contributed by atoms with Crippen LogP contribution in [-0.4, -0.2) is 51.9 Å². The first-order valence-corrected chi connectivity index (χ1v) is 12.6. The number of rotatable bonds is 16. The van der Waals surface area contributed by atoms with Crippen molar-refractivity contribution in [2.45, 2.75) is 77.3 Å². The Labute approximate surface area is 179 Å². The highest BCUT2D eigenvalue weighted by Crippen LogP contribution is 2.20. The third-order valence-electron chi connectivity index (χ3n) is 5.21. The Balaban J connectivity index is 2.35. The van der Waals surface area contributed by atoms with Crippen LogP contribution >= 0.6 is 0 Å². The van der Waals surface area contributed by atoms with Crippen molar-refractivity contribution in [1.82, 2.24) is 9.62 Å². The predicted molar refractivity (Wildman–Crippen MR) is 122 cm³/mol. The van der Waals surface area contributed by atoms with Crippen molar-refractivity contribution in [2.24, 2.45) is 5.92 Å². The van der Waals surface area contributed by atoms with Gasteiger partial charge in [-0.25, -0.2) is 13.1 Å². The number of hydrogen-bond acceptors (Lipinski definition) is 4. The van der Waals surface area contributed by atoms with Gasteiger partial charge in [0.05, 0.1) is 18.0 Å². The molecule has 1 aromatic rings. The molecule has 168 valence electrons. The van der Waals surface area contributed by atoms with Gasteiger partial charge in [0.2, 0.25) is 10.0 Å². The lowest BCUT2D eigenvalue weighted by Gasteiger charge is -2.23. The van der Waals surface area contributed by atoms with Gasteiger partial charge in [0.25, 0.3) is 0 Å². The Kier molecular flexibility index (Phi) is 12.7. The molecule has 0 saturated heterocycles. The number of ether oxygens (including phenoxy) is 1. The van der Waals surface area contributed by atoms with Crippen LogP contribution in [0.1, 0.15) is 64.9 Å². The van der Waals surface area contributed by atoms with Gasteiger partial charge in [-0.1, -0.05) is 57.0 Å². The van der Waals surface area contributed by atoms with E-state index in [1.165, 1.54) is 0 Å². The largest absolute Gasteiger partial charge is 0.374 e. The number of nitrogens with zero attached hydrogens (tertiary/aromatic N) is 1. The molecular formula is C23H42N2O3S. The maximum absolute atomic E-state index is 12.8. The van der Waals surface area contributed by atoms with Crippen molar-refractivity contribution in [3.8, 4) is 0 Å². The molecule has 6 heteroatoms. The Morgan fingerprint density at radius 3 is 2.24 bits per heavy atom. The third kappa shape index (κ3) is 11.7. The summed E-state index contributed by atoms with van der Waals surface area (Å²) in [4.78, 5) is 2.18. The van der Waals surface area contributed by atoms with Crippen LogP contribution in [0.4, 0.5) is 0 Å². The van der Waals surface area contributed by atoms with Gasteiger partial charge in [0.1, 0.15) is 0 Å². The van der Waals surface area contributed by atoms with Gasteiger partial charge in [-0.3, -0.25) is 0 Å². The maximum Gasteiger partial charge on any atom is 0.214 e. The average Bonchev–Trinajstić information content (AvgIpc) is 2.65. The van der Waals surface area contributed by atoms with E-state index < -0.39 is 10.0 Å². The highest BCUT2D eigenvalue weighted by atomic mass is 32.2. The van der Waals surface area contributed by atoms with Crippen LogP contribution in [0.3, 0.4) is 0 Å². The monoisotopic (exact) mass is 426 g/mol. The summed E-state index contributed by atoms with van der Waals surface area (Å²) in [6.45, 7) is 8.18. The zero-order chi connectivity index (χ0) is 21.7. The van der Waals surface area contributed by atoms with Gasteiger partial charge >= 0.3 is 0 Å². The lowest BCUT2D eigenvalue weighted by molar-refractivity contribution is 0.0456. The first-order valence-electron chi connectivity index (χ1n) is 11.0. The smallest absolute Gasteiger partial charge is 0.214 e. The van der Waals surface area contributed by atoms with Gasteiger partial charge < -0.3 is 9.64 Å². The molecule has 0 radical (unpaired) electrons. The summed E-state index contributed by atoms with van der Waals surface area (Å²) in [5.41, 5.74) is 1.14. The molecule has 0 amide bonds. The molecule has 0 aliphatic rings. The fourth-order valence-electron chi connectivity index (χ4n) is 3.37. The molecule has 1 N–H and O–H groups in total. The van der Waals surface area contributed by atoms with E-state index in [-0.39, 0.29) is 17.3 Å². The average molecular weight is 427 g/mol. The summed E-state index contributed by atoms with van der Waals surface area (Å²) in [6, 6.07) is 10.1. The summed E-state index contributed by atoms with van der Waals surface area (Å²) in [5.74, 6) is 0.0777. The second kappa shape index (κ2) is 14.1. The minimum atomic E-state index is -3.30. The molecular weight excluding hydrogens is 384 g/mol. The highest BCUT2D eigenvalue weighted by Gasteiger charge is 2.28. The molecule has 0 aliphatic heterocycles. The molecule has 29 heavy (non-hydrogen) atoms. The van der Waals surface area contributed by atoms with Crippen molar-refractivity contribution in [3.63, 3.8) is 0 Å². The number of benzene rings is 1. The molecule has 2 atom stereocenters. The van der Waals surface area contributed by atoms with Crippen molar-refractivity contribution in [2.75, 3.05) is 27.2 Å². The molecule has 5 nitrogen and oxygen atoms in total. The molecule has 2 unspecified atom stereocenters. The van der Waals surface area contributed by atoms with Gasteiger partial charge in [-0.05, 0) is 64.7 Å². The van der Waals surface area contributed by atoms with Crippen LogP contribution in [-0.2, 0) is 21.4 Å². The van der Waals surface area contributed by atoms with Crippen LogP contribution in [0, 0.1) is 5.92 Å². The normalized spacial score (nSPS) is 14.4. The first-order chi connectivity index (χ1) is 13.7. The molecule has 1 rings (SSSR count). The lowest BCUT2D eigenvalue weighted by atomic mass is 10.0. The molecule has 0 heterocycles. The van der Waals surface area contributed by atoms with Gasteiger partial charge in [-0.15, -0.1) is 0 Å². The standard InChI is InChI=1S/C23H42N2O3S/c1-20(2)23(16-15-21(3)28-19-22-13-9-8-10-14-22)29(26,27)24-17-11-6-7-12-18-25(4)5/h8-10,13-14,20-21,23-24H,6-7,11-12,15-19H2,1-5H3. The third-order valence-corrected chi connectivity index (χ3v) is 7.40. The van der Waals surface area contributed by atoms with Crippen LogP contribution in [0.2, 0.25) is 0 Å². The Morgan fingerprint density at radius 2 is 1.62 bits per heavy atom. The second-order valence-electron chi connectivity index (χ2n) is 8.62. The minimum Gasteiger partial charge on any atom is -0.374 e. The predicted octanol–water partition coefficient (Wildman–Crippen LogP) is 4.44. The van der Waals surface area contributed by atoms with Crippen LogP contribution in [0.25, 0.3) is 0 Å². The SMILES string of the molecule is CC(CCC(C(C)C)S(=O)(=O)NCCCCCCN(C)C)OCc1ccccc1. The van der Waals surface area contributed by atoms with Crippen LogP contribution < -0.4 is 4.72 Å². The topological polar surface area (TPSA) is 58.6 Å². The highest BCUT2D eigenvalue weighted by molar-refractivity contribution is 7.90. The summed E-state index contributed by atoms with van der Waals surface area (Å²) in [7, 11) is 0.850. The van der Waals surface area contributed by atoms with Crippen molar-refractivity contribution >= 4 is 10.0 Å². The van der Waals surface area contributed by atoms with Crippen molar-refractivity contribution in [3.05, 3.63) is 35.9 Å². The van der Waals surface area contributed by atoms with Crippen LogP contribution in [0.15, 0.2) is 30.3 Å². The van der Waals surface area contributed by atoms with Crippen molar-refractivity contribution < 1.29 is 13.2 Å². The Bertz CT molecular complexity index is 633. The Morgan fingerprint density at radius 1 is 0.966 bits per heavy atom. The molecule has 0 aliphatic carbocycles. The Hall–Kier alpha value is -0.950. The molecule has 0 spiro atoms. The molecule has 0 aromatic heterocycles. The van der Waals surface area contributed by atoms with Gasteiger partial charge in [-0.2, -0.15) is 0 Å². The lowest BCUT2D eigenvalue weighted by Crippen LogP contribution is -2.38. The van der Waals surface area contributed by atoms with E-state index in [0.29, 0.717) is 19.6 Å². The molecule has 1 aromatic carbocycles. The van der Waals surface area contributed by atoms with E-state index in [1.54, 1.807) is 0 Å². The van der Waals surface area contributed by atoms with Crippen molar-refractivity contribution in [1.29, 1.82) is 0 Å². The summed E-state index contributed by atoms with van der Waals surface area (Å²) in [6.07, 6.45) is 5.65. The fourth-order valence-corrected chi connectivity index (χ4v) is 5.18.